The number of benzene rings is 2. The first-order valence-electron chi connectivity index (χ1n) is 11.5. The Kier molecular flexibility index (Phi) is 7.24. The average molecular weight is 495 g/mol. The summed E-state index contributed by atoms with van der Waals surface area (Å²) in [5, 5.41) is 12.7. The molecule has 0 saturated heterocycles. The second kappa shape index (κ2) is 10.4. The minimum Gasteiger partial charge on any atom is -0.355 e. The molecule has 8 heteroatoms. The smallest absolute Gasteiger partial charge is 0.355 e. The molecule has 4 rings (SSSR count). The fourth-order valence-corrected chi connectivity index (χ4v) is 4.20. The van der Waals surface area contributed by atoms with E-state index >= 15 is 4.39 Å². The van der Waals surface area contributed by atoms with E-state index < -0.39 is 23.3 Å². The van der Waals surface area contributed by atoms with Crippen LogP contribution in [0.4, 0.5) is 28.9 Å². The molecule has 0 amide bonds. The fraction of sp³-hybridized carbons (Fsp3) is 0.214. The second-order valence-electron chi connectivity index (χ2n) is 8.75. The van der Waals surface area contributed by atoms with Crippen molar-refractivity contribution in [2.75, 3.05) is 10.6 Å². The Morgan fingerprint density at radius 1 is 1.06 bits per heavy atom. The van der Waals surface area contributed by atoms with Gasteiger partial charge in [-0.2, -0.15) is 13.2 Å². The predicted molar refractivity (Wildman–Crippen MR) is 135 cm³/mol. The molecule has 0 aliphatic heterocycles. The van der Waals surface area contributed by atoms with Gasteiger partial charge in [0, 0.05) is 47.2 Å². The molecular weight excluding hydrogens is 468 g/mol. The Balaban J connectivity index is 1.56. The van der Waals surface area contributed by atoms with Gasteiger partial charge in [0.1, 0.15) is 11.5 Å². The van der Waals surface area contributed by atoms with Crippen LogP contribution in [0.25, 0.3) is 0 Å². The van der Waals surface area contributed by atoms with E-state index in [0.717, 1.165) is 24.1 Å². The molecular formula is C28H26F4N4. The number of nitrogens with zero attached hydrogens (tertiary/aromatic N) is 1. The van der Waals surface area contributed by atoms with Crippen molar-refractivity contribution in [3.05, 3.63) is 113 Å². The predicted octanol–water partition coefficient (Wildman–Crippen LogP) is 7.50. The van der Waals surface area contributed by atoms with Crippen molar-refractivity contribution in [3.63, 3.8) is 0 Å². The molecule has 2 aromatic carbocycles. The van der Waals surface area contributed by atoms with E-state index in [1.165, 1.54) is 23.8 Å². The van der Waals surface area contributed by atoms with Gasteiger partial charge in [-0.3, -0.25) is 4.98 Å². The molecule has 186 valence electrons. The SMILES string of the molecule is C=C(Nc1ccc(Cc2ccnc(C)c2C2CC2)c(F)c1)/C(C=N)=C(/Nc1ccccc1)C(F)(F)F. The summed E-state index contributed by atoms with van der Waals surface area (Å²) < 4.78 is 56.5. The topological polar surface area (TPSA) is 60.8 Å². The zero-order chi connectivity index (χ0) is 25.9. The number of allylic oxidation sites excluding steroid dienone is 2. The van der Waals surface area contributed by atoms with Crippen molar-refractivity contribution in [2.24, 2.45) is 0 Å². The molecule has 1 heterocycles. The van der Waals surface area contributed by atoms with Gasteiger partial charge in [-0.05, 0) is 72.7 Å². The molecule has 0 spiro atoms. The minimum atomic E-state index is -4.77. The maximum absolute atomic E-state index is 15.0. The number of hydrogen-bond acceptors (Lipinski definition) is 4. The van der Waals surface area contributed by atoms with Gasteiger partial charge >= 0.3 is 6.18 Å². The molecule has 1 aliphatic rings. The summed E-state index contributed by atoms with van der Waals surface area (Å²) in [6.45, 7) is 5.64. The van der Waals surface area contributed by atoms with Crippen LogP contribution in [-0.4, -0.2) is 17.4 Å². The maximum atomic E-state index is 15.0. The largest absolute Gasteiger partial charge is 0.431 e. The zero-order valence-electron chi connectivity index (χ0n) is 19.7. The van der Waals surface area contributed by atoms with Crippen LogP contribution in [0.15, 0.2) is 84.3 Å². The molecule has 3 aromatic rings. The van der Waals surface area contributed by atoms with E-state index in [1.54, 1.807) is 36.5 Å². The number of alkyl halides is 3. The number of hydrogen-bond donors (Lipinski definition) is 3. The van der Waals surface area contributed by atoms with Gasteiger partial charge in [-0.15, -0.1) is 0 Å². The van der Waals surface area contributed by atoms with Crippen LogP contribution in [0.2, 0.25) is 0 Å². The molecule has 0 atom stereocenters. The number of aromatic nitrogens is 1. The number of para-hydroxylation sites is 1. The van der Waals surface area contributed by atoms with Gasteiger partial charge in [0.05, 0.1) is 0 Å². The number of rotatable bonds is 9. The van der Waals surface area contributed by atoms with E-state index in [2.05, 4.69) is 22.2 Å². The molecule has 3 N–H and O–H groups in total. The van der Waals surface area contributed by atoms with Crippen LogP contribution >= 0.6 is 0 Å². The molecule has 1 aliphatic carbocycles. The molecule has 1 aromatic heterocycles. The van der Waals surface area contributed by atoms with Crippen molar-refractivity contribution in [1.29, 1.82) is 5.41 Å². The van der Waals surface area contributed by atoms with E-state index in [0.29, 0.717) is 24.1 Å². The van der Waals surface area contributed by atoms with E-state index in [-0.39, 0.29) is 17.1 Å². The maximum Gasteiger partial charge on any atom is 0.431 e. The van der Waals surface area contributed by atoms with E-state index in [1.807, 2.05) is 13.0 Å². The highest BCUT2D eigenvalue weighted by Gasteiger charge is 2.37. The highest BCUT2D eigenvalue weighted by atomic mass is 19.4. The third kappa shape index (κ3) is 5.82. The summed E-state index contributed by atoms with van der Waals surface area (Å²) in [4.78, 5) is 4.37. The van der Waals surface area contributed by atoms with Gasteiger partial charge in [0.2, 0.25) is 0 Å². The third-order valence-electron chi connectivity index (χ3n) is 6.06. The first kappa shape index (κ1) is 25.2. The quantitative estimate of drug-likeness (QED) is 0.164. The summed E-state index contributed by atoms with van der Waals surface area (Å²) in [5.41, 5.74) is 2.27. The van der Waals surface area contributed by atoms with Crippen LogP contribution in [0.5, 0.6) is 0 Å². The highest BCUT2D eigenvalue weighted by Crippen LogP contribution is 2.43. The Morgan fingerprint density at radius 3 is 2.39 bits per heavy atom. The number of anilines is 2. The summed E-state index contributed by atoms with van der Waals surface area (Å²) in [7, 11) is 0. The Labute approximate surface area is 207 Å². The lowest BCUT2D eigenvalue weighted by Crippen LogP contribution is -2.23. The van der Waals surface area contributed by atoms with Gasteiger partial charge in [-0.1, -0.05) is 30.8 Å². The van der Waals surface area contributed by atoms with Crippen molar-refractivity contribution >= 4 is 17.6 Å². The standard InChI is InChI=1S/C28H26F4N4/c1-17(24(16-33)27(28(30,31)32)36-22-6-4-3-5-7-22)35-23-11-10-20(25(29)15-23)14-21-12-13-34-18(2)26(21)19-8-9-19/h3-7,10-13,15-16,19,33,35-36H,1,8-9,14H2,2H3/b27-24+,33-16?. The first-order valence-corrected chi connectivity index (χ1v) is 11.5. The van der Waals surface area contributed by atoms with Crippen LogP contribution < -0.4 is 10.6 Å². The number of aryl methyl sites for hydroxylation is 1. The number of halogens is 4. The molecule has 0 unspecified atom stereocenters. The lowest BCUT2D eigenvalue weighted by molar-refractivity contribution is -0.0906. The van der Waals surface area contributed by atoms with Crippen molar-refractivity contribution in [1.82, 2.24) is 4.98 Å². The number of nitrogens with one attached hydrogen (secondary N) is 3. The van der Waals surface area contributed by atoms with E-state index in [9.17, 15) is 13.2 Å². The van der Waals surface area contributed by atoms with Crippen molar-refractivity contribution in [2.45, 2.75) is 38.3 Å². The normalized spacial score (nSPS) is 14.1. The van der Waals surface area contributed by atoms with E-state index in [4.69, 9.17) is 5.41 Å². The lowest BCUT2D eigenvalue weighted by Gasteiger charge is -2.20. The molecule has 1 saturated carbocycles. The summed E-state index contributed by atoms with van der Waals surface area (Å²) in [5.74, 6) is -0.0115. The summed E-state index contributed by atoms with van der Waals surface area (Å²) in [6, 6.07) is 14.2. The van der Waals surface area contributed by atoms with Crippen molar-refractivity contribution < 1.29 is 17.6 Å². The molecule has 0 bridgehead atoms. The number of pyridine rings is 1. The lowest BCUT2D eigenvalue weighted by atomic mass is 9.96. The molecule has 1 fully saturated rings. The zero-order valence-corrected chi connectivity index (χ0v) is 19.7. The summed E-state index contributed by atoms with van der Waals surface area (Å²) in [6.07, 6.45) is 0.132. The Hall–Kier alpha value is -3.94. The van der Waals surface area contributed by atoms with Crippen molar-refractivity contribution in [3.8, 4) is 0 Å². The first-order chi connectivity index (χ1) is 17.2. The Morgan fingerprint density at radius 2 is 1.78 bits per heavy atom. The summed E-state index contributed by atoms with van der Waals surface area (Å²) >= 11 is 0. The second-order valence-corrected chi connectivity index (χ2v) is 8.75. The van der Waals surface area contributed by atoms with Gasteiger partial charge in [0.25, 0.3) is 0 Å². The average Bonchev–Trinajstić information content (AvgIpc) is 3.66. The highest BCUT2D eigenvalue weighted by molar-refractivity contribution is 5.86. The monoisotopic (exact) mass is 494 g/mol. The van der Waals surface area contributed by atoms with Crippen LogP contribution in [-0.2, 0) is 6.42 Å². The van der Waals surface area contributed by atoms with Crippen LogP contribution in [0.1, 0.15) is 41.1 Å². The third-order valence-corrected chi connectivity index (χ3v) is 6.06. The van der Waals surface area contributed by atoms with Crippen LogP contribution in [0.3, 0.4) is 0 Å². The fourth-order valence-electron chi connectivity index (χ4n) is 4.20. The van der Waals surface area contributed by atoms with Gasteiger partial charge in [-0.25, -0.2) is 4.39 Å². The van der Waals surface area contributed by atoms with Gasteiger partial charge < -0.3 is 16.0 Å². The molecule has 4 nitrogen and oxygen atoms in total. The van der Waals surface area contributed by atoms with Gasteiger partial charge in [0.15, 0.2) is 0 Å². The van der Waals surface area contributed by atoms with Crippen LogP contribution in [0, 0.1) is 18.2 Å². The molecule has 36 heavy (non-hydrogen) atoms. The Bertz CT molecular complexity index is 1310. The molecule has 0 radical (unpaired) electrons. The minimum absolute atomic E-state index is 0.186.